The van der Waals surface area contributed by atoms with Crippen LogP contribution in [0.3, 0.4) is 0 Å². The predicted molar refractivity (Wildman–Crippen MR) is 86.0 cm³/mol. The zero-order valence-electron chi connectivity index (χ0n) is 11.6. The molecule has 1 aliphatic carbocycles. The normalized spacial score (nSPS) is 14.9. The first-order valence-corrected chi connectivity index (χ1v) is 8.69. The molecule has 3 nitrogen and oxygen atoms in total. The number of hydrogen-bond acceptors (Lipinski definition) is 3. The number of hydrogen-bond donors (Lipinski definition) is 1. The number of amides is 1. The molecule has 0 heterocycles. The van der Waals surface area contributed by atoms with Gasteiger partial charge < -0.3 is 10.0 Å². The van der Waals surface area contributed by atoms with Gasteiger partial charge in [-0.05, 0) is 49.9 Å². The van der Waals surface area contributed by atoms with Gasteiger partial charge in [0.05, 0.1) is 12.4 Å². The quantitative estimate of drug-likeness (QED) is 0.794. The van der Waals surface area contributed by atoms with E-state index < -0.39 is 0 Å². The molecule has 0 radical (unpaired) electrons. The maximum absolute atomic E-state index is 12.3. The smallest absolute Gasteiger partial charge is 0.233 e. The Hall–Kier alpha value is -0.520. The number of aliphatic hydroxyl groups excluding tert-OH is 1. The Morgan fingerprint density at radius 3 is 2.80 bits per heavy atom. The summed E-state index contributed by atoms with van der Waals surface area (Å²) in [4.78, 5) is 15.3. The zero-order valence-corrected chi connectivity index (χ0v) is 14.0. The minimum absolute atomic E-state index is 0.0459. The van der Waals surface area contributed by atoms with Crippen molar-refractivity contribution in [3.63, 3.8) is 0 Å². The van der Waals surface area contributed by atoms with E-state index in [2.05, 4.69) is 28.9 Å². The molecule has 1 aromatic carbocycles. The van der Waals surface area contributed by atoms with Gasteiger partial charge in [-0.25, -0.2) is 0 Å². The van der Waals surface area contributed by atoms with Crippen LogP contribution >= 0.6 is 27.7 Å². The molecular formula is C15H20BrNO2S. The van der Waals surface area contributed by atoms with Crippen molar-refractivity contribution in [1.29, 1.82) is 0 Å². The molecule has 1 aromatic rings. The lowest BCUT2D eigenvalue weighted by Gasteiger charge is -2.37. The summed E-state index contributed by atoms with van der Waals surface area (Å²) in [5.74, 6) is 0.579. The highest BCUT2D eigenvalue weighted by Gasteiger charge is 2.28. The van der Waals surface area contributed by atoms with E-state index in [1.807, 2.05) is 17.0 Å². The maximum Gasteiger partial charge on any atom is 0.233 e. The Morgan fingerprint density at radius 2 is 2.25 bits per heavy atom. The van der Waals surface area contributed by atoms with E-state index >= 15 is 0 Å². The van der Waals surface area contributed by atoms with Crippen LogP contribution in [0.1, 0.15) is 24.8 Å². The van der Waals surface area contributed by atoms with E-state index in [0.29, 0.717) is 18.3 Å². The van der Waals surface area contributed by atoms with Crippen LogP contribution in [0.25, 0.3) is 0 Å². The molecule has 2 rings (SSSR count). The van der Waals surface area contributed by atoms with Crippen LogP contribution in [0.15, 0.2) is 27.6 Å². The monoisotopic (exact) mass is 357 g/mol. The lowest BCUT2D eigenvalue weighted by molar-refractivity contribution is -0.132. The summed E-state index contributed by atoms with van der Waals surface area (Å²) in [6.07, 6.45) is 3.35. The lowest BCUT2D eigenvalue weighted by atomic mass is 9.91. The van der Waals surface area contributed by atoms with Crippen LogP contribution in [-0.2, 0) is 4.79 Å². The van der Waals surface area contributed by atoms with Gasteiger partial charge in [0.2, 0.25) is 5.91 Å². The minimum Gasteiger partial charge on any atom is -0.395 e. The number of aliphatic hydroxyl groups is 1. The van der Waals surface area contributed by atoms with Crippen LogP contribution in [-0.4, -0.2) is 40.9 Å². The first-order valence-electron chi connectivity index (χ1n) is 6.91. The van der Waals surface area contributed by atoms with E-state index in [1.165, 1.54) is 12.0 Å². The lowest BCUT2D eigenvalue weighted by Crippen LogP contribution is -2.46. The minimum atomic E-state index is 0.0459. The summed E-state index contributed by atoms with van der Waals surface area (Å²) in [6.45, 7) is 2.56. The molecule has 110 valence electrons. The predicted octanol–water partition coefficient (Wildman–Crippen LogP) is 3.22. The van der Waals surface area contributed by atoms with Gasteiger partial charge in [0, 0.05) is 22.0 Å². The Labute approximate surface area is 132 Å². The molecule has 0 spiro atoms. The topological polar surface area (TPSA) is 40.5 Å². The Morgan fingerprint density at radius 1 is 1.50 bits per heavy atom. The zero-order chi connectivity index (χ0) is 14.5. The van der Waals surface area contributed by atoms with Gasteiger partial charge in [-0.1, -0.05) is 15.9 Å². The number of aryl methyl sites for hydroxylation is 1. The molecule has 20 heavy (non-hydrogen) atoms. The van der Waals surface area contributed by atoms with Crippen molar-refractivity contribution in [2.75, 3.05) is 18.9 Å². The summed E-state index contributed by atoms with van der Waals surface area (Å²) >= 11 is 5.02. The third-order valence-electron chi connectivity index (χ3n) is 3.66. The highest BCUT2D eigenvalue weighted by atomic mass is 79.9. The Bertz CT molecular complexity index is 477. The van der Waals surface area contributed by atoms with Crippen molar-refractivity contribution in [2.45, 2.75) is 37.1 Å². The van der Waals surface area contributed by atoms with Crippen LogP contribution in [0, 0.1) is 6.92 Å². The van der Waals surface area contributed by atoms with Gasteiger partial charge in [-0.15, -0.1) is 11.8 Å². The number of rotatable bonds is 6. The van der Waals surface area contributed by atoms with E-state index in [-0.39, 0.29) is 12.5 Å². The van der Waals surface area contributed by atoms with Crippen molar-refractivity contribution in [1.82, 2.24) is 4.90 Å². The van der Waals surface area contributed by atoms with Gasteiger partial charge >= 0.3 is 0 Å². The average Bonchev–Trinajstić information content (AvgIpc) is 2.34. The third kappa shape index (κ3) is 3.99. The highest BCUT2D eigenvalue weighted by molar-refractivity contribution is 9.10. The van der Waals surface area contributed by atoms with Crippen molar-refractivity contribution in [2.24, 2.45) is 0 Å². The molecule has 0 aliphatic heterocycles. The molecule has 1 N–H and O–H groups in total. The number of carbonyl (C=O) groups is 1. The van der Waals surface area contributed by atoms with Crippen LogP contribution in [0.2, 0.25) is 0 Å². The maximum atomic E-state index is 12.3. The fraction of sp³-hybridized carbons (Fsp3) is 0.533. The fourth-order valence-corrected chi connectivity index (χ4v) is 3.69. The fourth-order valence-electron chi connectivity index (χ4n) is 2.31. The average molecular weight is 358 g/mol. The van der Waals surface area contributed by atoms with E-state index in [4.69, 9.17) is 5.11 Å². The second-order valence-corrected chi connectivity index (χ2v) is 7.03. The molecule has 0 saturated heterocycles. The molecular weight excluding hydrogens is 338 g/mol. The molecule has 1 aliphatic rings. The summed E-state index contributed by atoms with van der Waals surface area (Å²) in [5, 5.41) is 9.11. The SMILES string of the molecule is Cc1cc(Br)ccc1SCC(=O)N(CCO)C1CCC1. The molecule has 0 aromatic heterocycles. The van der Waals surface area contributed by atoms with Crippen LogP contribution in [0.4, 0.5) is 0 Å². The molecule has 1 amide bonds. The number of carbonyl (C=O) groups excluding carboxylic acids is 1. The van der Waals surface area contributed by atoms with E-state index in [1.54, 1.807) is 11.8 Å². The molecule has 0 atom stereocenters. The second-order valence-electron chi connectivity index (χ2n) is 5.09. The Balaban J connectivity index is 1.92. The van der Waals surface area contributed by atoms with Crippen molar-refractivity contribution in [3.8, 4) is 0 Å². The highest BCUT2D eigenvalue weighted by Crippen LogP contribution is 2.28. The van der Waals surface area contributed by atoms with E-state index in [0.717, 1.165) is 22.2 Å². The number of thioether (sulfide) groups is 1. The first kappa shape index (κ1) is 15.9. The second kappa shape index (κ2) is 7.48. The molecule has 0 bridgehead atoms. The van der Waals surface area contributed by atoms with Gasteiger partial charge in [0.1, 0.15) is 0 Å². The largest absolute Gasteiger partial charge is 0.395 e. The number of nitrogens with zero attached hydrogens (tertiary/aromatic N) is 1. The van der Waals surface area contributed by atoms with Gasteiger partial charge in [-0.3, -0.25) is 4.79 Å². The molecule has 1 fully saturated rings. The standard InChI is InChI=1S/C15H20BrNO2S/c1-11-9-12(16)5-6-14(11)20-10-15(19)17(7-8-18)13-3-2-4-13/h5-6,9,13,18H,2-4,7-8,10H2,1H3. The van der Waals surface area contributed by atoms with Crippen molar-refractivity contribution in [3.05, 3.63) is 28.2 Å². The van der Waals surface area contributed by atoms with Crippen molar-refractivity contribution >= 4 is 33.6 Å². The Kier molecular flexibility index (Phi) is 5.93. The van der Waals surface area contributed by atoms with E-state index in [9.17, 15) is 4.79 Å². The molecule has 0 unspecified atom stereocenters. The number of halogens is 1. The van der Waals surface area contributed by atoms with Crippen molar-refractivity contribution < 1.29 is 9.90 Å². The van der Waals surface area contributed by atoms with Gasteiger partial charge in [0.25, 0.3) is 0 Å². The first-order chi connectivity index (χ1) is 9.61. The van der Waals surface area contributed by atoms with Crippen LogP contribution in [0.5, 0.6) is 0 Å². The summed E-state index contributed by atoms with van der Waals surface area (Å²) in [5.41, 5.74) is 1.18. The number of benzene rings is 1. The van der Waals surface area contributed by atoms with Gasteiger partial charge in [-0.2, -0.15) is 0 Å². The summed E-state index contributed by atoms with van der Waals surface area (Å²) < 4.78 is 1.06. The van der Waals surface area contributed by atoms with Gasteiger partial charge in [0.15, 0.2) is 0 Å². The summed E-state index contributed by atoms with van der Waals surface area (Å²) in [7, 11) is 0. The summed E-state index contributed by atoms with van der Waals surface area (Å²) in [6, 6.07) is 6.44. The molecule has 1 saturated carbocycles. The van der Waals surface area contributed by atoms with Crippen LogP contribution < -0.4 is 0 Å². The molecule has 5 heteroatoms. The third-order valence-corrected chi connectivity index (χ3v) is 5.32.